The van der Waals surface area contributed by atoms with E-state index in [1.54, 1.807) is 25.7 Å². The zero-order valence-electron chi connectivity index (χ0n) is 17.9. The summed E-state index contributed by atoms with van der Waals surface area (Å²) >= 11 is 0. The van der Waals surface area contributed by atoms with Crippen molar-refractivity contribution in [2.24, 2.45) is 17.3 Å². The standard InChI is InChI=1S/C17H25N3O2.C5H10O2/c18-9-14-2-1-3-20(14)15(21)10-19-16-5-12-4-13(6-16)8-17(22,7-12)11-16;1-5(2,3)4(6)7/h12-14,19,22H,1-8,10-11H2;1-3H3,(H,6,7)/t12?,13?,14-,16?,17?;/m0./s1. The molecule has 3 atom stereocenters. The Balaban J connectivity index is 0.000000298. The molecule has 4 bridgehead atoms. The van der Waals surface area contributed by atoms with Gasteiger partial charge in [0.1, 0.15) is 6.04 Å². The molecule has 0 spiro atoms. The summed E-state index contributed by atoms with van der Waals surface area (Å²) in [7, 11) is 0. The van der Waals surface area contributed by atoms with Crippen LogP contribution in [-0.2, 0) is 9.59 Å². The van der Waals surface area contributed by atoms with Crippen molar-refractivity contribution in [3.8, 4) is 6.07 Å². The van der Waals surface area contributed by atoms with Crippen molar-refractivity contribution in [1.29, 1.82) is 5.26 Å². The molecule has 7 heteroatoms. The first-order chi connectivity index (χ1) is 13.5. The fourth-order valence-corrected chi connectivity index (χ4v) is 5.99. The molecule has 162 valence electrons. The largest absolute Gasteiger partial charge is 0.481 e. The van der Waals surface area contributed by atoms with Gasteiger partial charge in [-0.05, 0) is 84.0 Å². The van der Waals surface area contributed by atoms with Crippen molar-refractivity contribution in [3.63, 3.8) is 0 Å². The zero-order chi connectivity index (χ0) is 21.4. The van der Waals surface area contributed by atoms with E-state index in [2.05, 4.69) is 11.4 Å². The van der Waals surface area contributed by atoms with Gasteiger partial charge in [0.2, 0.25) is 5.91 Å². The summed E-state index contributed by atoms with van der Waals surface area (Å²) in [5.74, 6) is 0.527. The summed E-state index contributed by atoms with van der Waals surface area (Å²) in [6.45, 7) is 6.01. The van der Waals surface area contributed by atoms with Crippen molar-refractivity contribution < 1.29 is 19.8 Å². The predicted molar refractivity (Wildman–Crippen MR) is 108 cm³/mol. The Kier molecular flexibility index (Phi) is 5.99. The molecule has 5 aliphatic rings. The Bertz CT molecular complexity index is 679. The first-order valence-electron chi connectivity index (χ1n) is 10.9. The first-order valence-corrected chi connectivity index (χ1v) is 10.9. The molecule has 4 aliphatic carbocycles. The fraction of sp³-hybridized carbons (Fsp3) is 0.864. The fourth-order valence-electron chi connectivity index (χ4n) is 5.99. The van der Waals surface area contributed by atoms with Crippen LogP contribution in [0.5, 0.6) is 0 Å². The normalized spacial score (nSPS) is 37.6. The maximum atomic E-state index is 12.4. The highest BCUT2D eigenvalue weighted by Crippen LogP contribution is 2.57. The number of carbonyl (C=O) groups is 2. The lowest BCUT2D eigenvalue weighted by Gasteiger charge is -2.60. The quantitative estimate of drug-likeness (QED) is 0.664. The number of hydrogen-bond donors (Lipinski definition) is 3. The lowest BCUT2D eigenvalue weighted by molar-refractivity contribution is -0.147. The maximum Gasteiger partial charge on any atom is 0.308 e. The molecule has 1 saturated heterocycles. The van der Waals surface area contributed by atoms with Crippen molar-refractivity contribution >= 4 is 11.9 Å². The Labute approximate surface area is 173 Å². The summed E-state index contributed by atoms with van der Waals surface area (Å²) in [5, 5.41) is 31.6. The Morgan fingerprint density at radius 2 is 1.79 bits per heavy atom. The summed E-state index contributed by atoms with van der Waals surface area (Å²) < 4.78 is 0. The molecule has 0 aromatic heterocycles. The third kappa shape index (κ3) is 4.92. The van der Waals surface area contributed by atoms with Crippen LogP contribution in [-0.4, -0.2) is 57.3 Å². The first kappa shape index (κ1) is 22.0. The van der Waals surface area contributed by atoms with Crippen LogP contribution in [0.4, 0.5) is 0 Å². The van der Waals surface area contributed by atoms with Crippen LogP contribution in [0.2, 0.25) is 0 Å². The molecule has 3 N–H and O–H groups in total. The van der Waals surface area contributed by atoms with Gasteiger partial charge in [-0.25, -0.2) is 0 Å². The minimum absolute atomic E-state index is 0.0453. The van der Waals surface area contributed by atoms with Crippen LogP contribution in [0.1, 0.15) is 72.1 Å². The molecule has 4 saturated carbocycles. The minimum atomic E-state index is -0.757. The van der Waals surface area contributed by atoms with Gasteiger partial charge >= 0.3 is 5.97 Å². The van der Waals surface area contributed by atoms with E-state index in [0.29, 0.717) is 24.9 Å². The van der Waals surface area contributed by atoms with Gasteiger partial charge in [-0.1, -0.05) is 0 Å². The monoisotopic (exact) mass is 405 g/mol. The van der Waals surface area contributed by atoms with Gasteiger partial charge in [0, 0.05) is 12.1 Å². The van der Waals surface area contributed by atoms with E-state index in [1.165, 1.54) is 6.42 Å². The number of rotatable bonds is 3. The van der Waals surface area contributed by atoms with Crippen LogP contribution in [0, 0.1) is 28.6 Å². The highest BCUT2D eigenvalue weighted by atomic mass is 16.4. The molecule has 7 nitrogen and oxygen atoms in total. The second-order valence-electron chi connectivity index (χ2n) is 10.7. The summed E-state index contributed by atoms with van der Waals surface area (Å²) in [6, 6.07) is 1.99. The molecule has 2 unspecified atom stereocenters. The number of carbonyl (C=O) groups excluding carboxylic acids is 1. The number of carboxylic acid groups (broad SMARTS) is 1. The molecule has 0 aromatic rings. The van der Waals surface area contributed by atoms with Gasteiger partial charge in [-0.3, -0.25) is 9.59 Å². The predicted octanol–water partition coefficient (Wildman–Crippen LogP) is 2.29. The second-order valence-corrected chi connectivity index (χ2v) is 10.7. The molecule has 0 radical (unpaired) electrons. The Morgan fingerprint density at radius 1 is 1.21 bits per heavy atom. The number of aliphatic hydroxyl groups is 1. The molecule has 1 amide bonds. The smallest absolute Gasteiger partial charge is 0.308 e. The molecule has 1 aliphatic heterocycles. The number of likely N-dealkylation sites (tertiary alicyclic amines) is 1. The lowest BCUT2D eigenvalue weighted by atomic mass is 9.51. The molecular formula is C22H35N3O4. The van der Waals surface area contributed by atoms with E-state index >= 15 is 0 Å². The van der Waals surface area contributed by atoms with Crippen molar-refractivity contribution in [2.45, 2.75) is 89.3 Å². The lowest BCUT2D eigenvalue weighted by Crippen LogP contribution is -2.65. The van der Waals surface area contributed by atoms with Crippen LogP contribution < -0.4 is 5.32 Å². The van der Waals surface area contributed by atoms with Gasteiger partial charge in [-0.15, -0.1) is 0 Å². The number of aliphatic carboxylic acids is 1. The van der Waals surface area contributed by atoms with E-state index in [9.17, 15) is 14.7 Å². The second kappa shape index (κ2) is 7.88. The van der Waals surface area contributed by atoms with Gasteiger partial charge in [0.25, 0.3) is 0 Å². The molecular weight excluding hydrogens is 370 g/mol. The summed E-state index contributed by atoms with van der Waals surface area (Å²) in [6.07, 6.45) is 7.87. The van der Waals surface area contributed by atoms with Gasteiger partial charge in [0.15, 0.2) is 0 Å². The SMILES string of the molecule is CC(C)(C)C(=O)O.N#C[C@@H]1CCCN1C(=O)CNC12CC3CC(CC(O)(C3)C1)C2. The molecule has 29 heavy (non-hydrogen) atoms. The number of amides is 1. The summed E-state index contributed by atoms with van der Waals surface area (Å²) in [4.78, 5) is 24.2. The van der Waals surface area contributed by atoms with Crippen LogP contribution >= 0.6 is 0 Å². The third-order valence-corrected chi connectivity index (χ3v) is 7.01. The number of carboxylic acids is 1. The van der Waals surface area contributed by atoms with E-state index in [4.69, 9.17) is 10.4 Å². The van der Waals surface area contributed by atoms with Crippen molar-refractivity contribution in [2.75, 3.05) is 13.1 Å². The van der Waals surface area contributed by atoms with Crippen LogP contribution in [0.15, 0.2) is 0 Å². The van der Waals surface area contributed by atoms with Gasteiger partial charge in [0.05, 0.1) is 23.6 Å². The highest BCUT2D eigenvalue weighted by Gasteiger charge is 2.57. The third-order valence-electron chi connectivity index (χ3n) is 7.01. The van der Waals surface area contributed by atoms with Gasteiger partial charge in [-0.2, -0.15) is 5.26 Å². The van der Waals surface area contributed by atoms with E-state index in [0.717, 1.165) is 44.9 Å². The Hall–Kier alpha value is -1.65. The van der Waals surface area contributed by atoms with Crippen LogP contribution in [0.25, 0.3) is 0 Å². The maximum absolute atomic E-state index is 12.4. The average molecular weight is 406 g/mol. The summed E-state index contributed by atoms with van der Waals surface area (Å²) in [5.41, 5.74) is -1.13. The number of nitrogens with one attached hydrogen (secondary N) is 1. The molecule has 0 aromatic carbocycles. The molecule has 1 heterocycles. The van der Waals surface area contributed by atoms with E-state index < -0.39 is 17.0 Å². The zero-order valence-corrected chi connectivity index (χ0v) is 17.9. The van der Waals surface area contributed by atoms with Crippen molar-refractivity contribution in [3.05, 3.63) is 0 Å². The van der Waals surface area contributed by atoms with Crippen molar-refractivity contribution in [1.82, 2.24) is 10.2 Å². The minimum Gasteiger partial charge on any atom is -0.481 e. The number of nitriles is 1. The van der Waals surface area contributed by atoms with Crippen LogP contribution in [0.3, 0.4) is 0 Å². The molecule has 5 fully saturated rings. The van der Waals surface area contributed by atoms with Gasteiger partial charge < -0.3 is 20.4 Å². The average Bonchev–Trinajstić information content (AvgIpc) is 3.06. The Morgan fingerprint density at radius 3 is 2.28 bits per heavy atom. The molecule has 5 rings (SSSR count). The highest BCUT2D eigenvalue weighted by molar-refractivity contribution is 5.79. The topological polar surface area (TPSA) is 114 Å². The number of hydrogen-bond acceptors (Lipinski definition) is 5. The number of nitrogens with zero attached hydrogens (tertiary/aromatic N) is 2. The van der Waals surface area contributed by atoms with E-state index in [-0.39, 0.29) is 17.5 Å². The van der Waals surface area contributed by atoms with E-state index in [1.807, 2.05) is 0 Å².